The number of hydrogen-bond donors (Lipinski definition) is 1. The van der Waals surface area contributed by atoms with Crippen LogP contribution in [-0.2, 0) is 0 Å². The fourth-order valence-corrected chi connectivity index (χ4v) is 2.74. The molecule has 1 atom stereocenters. The van der Waals surface area contributed by atoms with Crippen molar-refractivity contribution in [3.8, 4) is 0 Å². The molecular weight excluding hydrogens is 212 g/mol. The summed E-state index contributed by atoms with van der Waals surface area (Å²) in [5.41, 5.74) is 5.64. The predicted molar refractivity (Wildman–Crippen MR) is 73.8 cm³/mol. The fourth-order valence-electron chi connectivity index (χ4n) is 2.59. The lowest BCUT2D eigenvalue weighted by Gasteiger charge is -2.22. The van der Waals surface area contributed by atoms with Crippen LogP contribution in [0.4, 0.5) is 0 Å². The van der Waals surface area contributed by atoms with E-state index in [2.05, 4.69) is 63.7 Å². The Morgan fingerprint density at radius 3 is 2.31 bits per heavy atom. The molecule has 1 aromatic carbocycles. The van der Waals surface area contributed by atoms with Gasteiger partial charge in [-0.05, 0) is 55.0 Å². The molecule has 0 aliphatic heterocycles. The first-order chi connectivity index (χ1) is 7.58. The highest BCUT2D eigenvalue weighted by molar-refractivity contribution is 7.80. The Balaban J connectivity index is 2.44. The van der Waals surface area contributed by atoms with Gasteiger partial charge in [0, 0.05) is 4.90 Å². The van der Waals surface area contributed by atoms with Gasteiger partial charge in [0.05, 0.1) is 0 Å². The minimum atomic E-state index is 0.674. The van der Waals surface area contributed by atoms with Crippen molar-refractivity contribution < 1.29 is 0 Å². The lowest BCUT2D eigenvalue weighted by atomic mass is 9.83. The summed E-state index contributed by atoms with van der Waals surface area (Å²) in [4.78, 5) is 1.02. The van der Waals surface area contributed by atoms with Crippen LogP contribution in [0.2, 0.25) is 0 Å². The van der Waals surface area contributed by atoms with E-state index in [4.69, 9.17) is 0 Å². The fraction of sp³-hybridized carbons (Fsp3) is 0.333. The molecule has 0 saturated heterocycles. The van der Waals surface area contributed by atoms with Crippen molar-refractivity contribution >= 4 is 18.2 Å². The molecule has 0 nitrogen and oxygen atoms in total. The summed E-state index contributed by atoms with van der Waals surface area (Å²) >= 11 is 4.32. The minimum absolute atomic E-state index is 0.674. The number of hydrogen-bond acceptors (Lipinski definition) is 1. The molecular formula is C15H18S. The van der Waals surface area contributed by atoms with Gasteiger partial charge in [0.2, 0.25) is 0 Å². The third-order valence-electron chi connectivity index (χ3n) is 3.14. The summed E-state index contributed by atoms with van der Waals surface area (Å²) < 4.78 is 0. The molecule has 0 amide bonds. The van der Waals surface area contributed by atoms with Gasteiger partial charge in [-0.1, -0.05) is 30.7 Å². The minimum Gasteiger partial charge on any atom is -0.143 e. The predicted octanol–water partition coefficient (Wildman–Crippen LogP) is 4.73. The first-order valence-corrected chi connectivity index (χ1v) is 6.20. The molecule has 0 spiro atoms. The highest BCUT2D eigenvalue weighted by Gasteiger charge is 2.15. The van der Waals surface area contributed by atoms with Gasteiger partial charge in [0.15, 0.2) is 0 Å². The maximum atomic E-state index is 4.32. The second-order valence-electron chi connectivity index (χ2n) is 4.73. The summed E-state index contributed by atoms with van der Waals surface area (Å²) in [6.45, 7) is 6.74. The molecule has 16 heavy (non-hydrogen) atoms. The molecule has 0 radical (unpaired) electrons. The number of thiol groups is 1. The van der Waals surface area contributed by atoms with E-state index in [1.165, 1.54) is 28.7 Å². The molecule has 2 rings (SSSR count). The van der Waals surface area contributed by atoms with E-state index in [9.17, 15) is 0 Å². The molecule has 84 valence electrons. The van der Waals surface area contributed by atoms with Crippen LogP contribution >= 0.6 is 12.6 Å². The van der Waals surface area contributed by atoms with Crippen molar-refractivity contribution in [2.45, 2.75) is 32.1 Å². The maximum Gasteiger partial charge on any atom is 0.00404 e. The molecule has 0 saturated carbocycles. The van der Waals surface area contributed by atoms with Gasteiger partial charge in [-0.15, -0.1) is 12.6 Å². The van der Waals surface area contributed by atoms with Gasteiger partial charge in [-0.25, -0.2) is 0 Å². The Bertz CT molecular complexity index is 449. The van der Waals surface area contributed by atoms with Crippen LogP contribution in [-0.4, -0.2) is 0 Å². The lowest BCUT2D eigenvalue weighted by molar-refractivity contribution is 0.704. The van der Waals surface area contributed by atoms with E-state index in [0.717, 1.165) is 4.90 Å². The molecule has 0 aromatic heterocycles. The summed E-state index contributed by atoms with van der Waals surface area (Å²) in [6.07, 6.45) is 3.55. The van der Waals surface area contributed by atoms with E-state index in [0.29, 0.717) is 5.92 Å². The number of rotatable bonds is 1. The van der Waals surface area contributed by atoms with Crippen LogP contribution in [0.25, 0.3) is 5.57 Å². The standard InChI is InChI=1S/C15H18S/c1-10-8-11(2)15(12(3)9-10)13-4-6-14(16)7-5-13/h4-8,10,16H,9H2,1-3H3. The topological polar surface area (TPSA) is 0 Å². The SMILES string of the molecule is CC1=CC(C)CC(C)=C1c1ccc(S)cc1. The van der Waals surface area contributed by atoms with Crippen LogP contribution in [0, 0.1) is 5.92 Å². The van der Waals surface area contributed by atoms with Gasteiger partial charge in [-0.2, -0.15) is 0 Å². The third kappa shape index (κ3) is 2.25. The number of benzene rings is 1. The van der Waals surface area contributed by atoms with Crippen molar-refractivity contribution in [2.24, 2.45) is 5.92 Å². The largest absolute Gasteiger partial charge is 0.143 e. The van der Waals surface area contributed by atoms with Gasteiger partial charge in [-0.3, -0.25) is 0 Å². The van der Waals surface area contributed by atoms with Crippen molar-refractivity contribution in [3.05, 3.63) is 47.1 Å². The summed E-state index contributed by atoms with van der Waals surface area (Å²) in [5, 5.41) is 0. The van der Waals surface area contributed by atoms with Crippen molar-refractivity contribution in [2.75, 3.05) is 0 Å². The normalized spacial score (nSPS) is 21.0. The van der Waals surface area contributed by atoms with Crippen LogP contribution in [0.1, 0.15) is 32.8 Å². The Hall–Kier alpha value is -0.950. The molecule has 1 aromatic rings. The molecule has 1 aliphatic carbocycles. The summed E-state index contributed by atoms with van der Waals surface area (Å²) in [7, 11) is 0. The highest BCUT2D eigenvalue weighted by atomic mass is 32.1. The monoisotopic (exact) mass is 230 g/mol. The van der Waals surface area contributed by atoms with Gasteiger partial charge in [0.1, 0.15) is 0 Å². The first kappa shape index (κ1) is 11.5. The molecule has 1 aliphatic rings. The van der Waals surface area contributed by atoms with E-state index in [1.807, 2.05) is 0 Å². The van der Waals surface area contributed by atoms with E-state index < -0.39 is 0 Å². The average molecular weight is 230 g/mol. The van der Waals surface area contributed by atoms with Crippen LogP contribution in [0.5, 0.6) is 0 Å². The zero-order valence-electron chi connectivity index (χ0n) is 10.1. The molecule has 1 unspecified atom stereocenters. The highest BCUT2D eigenvalue weighted by Crippen LogP contribution is 2.35. The van der Waals surface area contributed by atoms with Crippen molar-refractivity contribution in [1.29, 1.82) is 0 Å². The maximum absolute atomic E-state index is 4.32. The molecule has 0 fully saturated rings. The van der Waals surface area contributed by atoms with Crippen molar-refractivity contribution in [3.63, 3.8) is 0 Å². The average Bonchev–Trinajstić information content (AvgIpc) is 2.19. The summed E-state index contributed by atoms with van der Waals surface area (Å²) in [5.74, 6) is 0.674. The Morgan fingerprint density at radius 2 is 1.75 bits per heavy atom. The second-order valence-corrected chi connectivity index (χ2v) is 5.25. The zero-order chi connectivity index (χ0) is 11.7. The van der Waals surface area contributed by atoms with Crippen LogP contribution in [0.3, 0.4) is 0 Å². The molecule has 1 heteroatoms. The quantitative estimate of drug-likeness (QED) is 0.662. The van der Waals surface area contributed by atoms with Crippen LogP contribution in [0.15, 0.2) is 46.4 Å². The Kier molecular flexibility index (Phi) is 3.25. The van der Waals surface area contributed by atoms with Gasteiger partial charge in [0.25, 0.3) is 0 Å². The first-order valence-electron chi connectivity index (χ1n) is 5.76. The zero-order valence-corrected chi connectivity index (χ0v) is 11.0. The van der Waals surface area contributed by atoms with E-state index in [-0.39, 0.29) is 0 Å². The molecule has 0 bridgehead atoms. The Morgan fingerprint density at radius 1 is 1.12 bits per heavy atom. The smallest absolute Gasteiger partial charge is 0.00404 e. The molecule has 0 N–H and O–H groups in total. The van der Waals surface area contributed by atoms with E-state index in [1.54, 1.807) is 0 Å². The third-order valence-corrected chi connectivity index (χ3v) is 3.44. The summed E-state index contributed by atoms with van der Waals surface area (Å²) in [6, 6.07) is 8.44. The van der Waals surface area contributed by atoms with E-state index >= 15 is 0 Å². The Labute approximate surface area is 103 Å². The molecule has 0 heterocycles. The van der Waals surface area contributed by atoms with Crippen molar-refractivity contribution in [1.82, 2.24) is 0 Å². The number of allylic oxidation sites excluding steroid dienone is 4. The second kappa shape index (κ2) is 4.50. The van der Waals surface area contributed by atoms with Gasteiger partial charge < -0.3 is 0 Å². The van der Waals surface area contributed by atoms with Crippen LogP contribution < -0.4 is 0 Å². The lowest BCUT2D eigenvalue weighted by Crippen LogP contribution is -2.03. The van der Waals surface area contributed by atoms with Gasteiger partial charge >= 0.3 is 0 Å².